The van der Waals surface area contributed by atoms with Gasteiger partial charge < -0.3 is 9.47 Å². The molecule has 4 aromatic rings. The normalized spacial score (nSPS) is 13.6. The first kappa shape index (κ1) is 20.3. The minimum absolute atomic E-state index is 0.182. The van der Waals surface area contributed by atoms with Gasteiger partial charge in [0.15, 0.2) is 17.5 Å². The summed E-state index contributed by atoms with van der Waals surface area (Å²) in [5.74, 6) is -4.74. The van der Waals surface area contributed by atoms with E-state index in [4.69, 9.17) is 0 Å². The number of nitrogens with zero attached hydrogens (tertiary/aromatic N) is 4. The van der Waals surface area contributed by atoms with Crippen LogP contribution in [-0.4, -0.2) is 31.7 Å². The van der Waals surface area contributed by atoms with E-state index in [-0.39, 0.29) is 18.0 Å². The Balaban J connectivity index is 1.50. The zero-order chi connectivity index (χ0) is 22.7. The first-order valence-electron chi connectivity index (χ1n) is 9.98. The van der Waals surface area contributed by atoms with Gasteiger partial charge in [-0.05, 0) is 36.8 Å². The minimum Gasteiger partial charge on any atom is -0.350 e. The highest BCUT2D eigenvalue weighted by molar-refractivity contribution is 6.07. The molecule has 0 atom stereocenters. The molecule has 1 aliphatic heterocycles. The van der Waals surface area contributed by atoms with Crippen LogP contribution >= 0.6 is 0 Å². The monoisotopic (exact) mass is 442 g/mol. The fraction of sp³-hybridized carbons (Fsp3) is 0.217. The Morgan fingerprint density at radius 3 is 2.47 bits per heavy atom. The molecule has 0 N–H and O–H groups in total. The molecule has 2 aromatic heterocycles. The van der Waals surface area contributed by atoms with Gasteiger partial charge in [0.05, 0.1) is 23.5 Å². The first-order chi connectivity index (χ1) is 15.2. The fourth-order valence-electron chi connectivity index (χ4n) is 4.45. The Kier molecular flexibility index (Phi) is 4.58. The summed E-state index contributed by atoms with van der Waals surface area (Å²) in [4.78, 5) is 14.9. The van der Waals surface area contributed by atoms with Gasteiger partial charge in [-0.1, -0.05) is 0 Å². The number of carbonyl (C=O) groups is 1. The van der Waals surface area contributed by atoms with Crippen LogP contribution in [0.2, 0.25) is 0 Å². The van der Waals surface area contributed by atoms with E-state index in [1.54, 1.807) is 35.8 Å². The number of fused-ring (bicyclic) bond motifs is 2. The lowest BCUT2D eigenvalue weighted by molar-refractivity contribution is 0.0734. The zero-order valence-electron chi connectivity index (χ0n) is 17.3. The van der Waals surface area contributed by atoms with Crippen LogP contribution in [-0.2, 0) is 27.1 Å². The molecule has 0 saturated heterocycles. The van der Waals surface area contributed by atoms with E-state index in [1.807, 2.05) is 0 Å². The van der Waals surface area contributed by atoms with Crippen molar-refractivity contribution in [3.63, 3.8) is 0 Å². The largest absolute Gasteiger partial charge is 0.350 e. The number of aromatic nitrogens is 3. The van der Waals surface area contributed by atoms with Crippen molar-refractivity contribution in [1.29, 1.82) is 0 Å². The van der Waals surface area contributed by atoms with E-state index in [2.05, 4.69) is 5.10 Å². The standard InChI is InChI=1S/C23H18F4N4O/c1-29-10-16(15-9-13(24)3-4-20(15)29)23(32)31-6-5-14-19(11-31)28-30(2)22(14)12-7-17(25)21(27)18(26)8-12/h3-4,7-10H,5-6,11H2,1-2H3. The quantitative estimate of drug-likeness (QED) is 0.343. The lowest BCUT2D eigenvalue weighted by atomic mass is 9.99. The number of hydrogen-bond donors (Lipinski definition) is 0. The molecule has 164 valence electrons. The molecule has 0 saturated carbocycles. The van der Waals surface area contributed by atoms with Gasteiger partial charge in [-0.2, -0.15) is 5.10 Å². The van der Waals surface area contributed by atoms with Crippen LogP contribution in [0.25, 0.3) is 22.2 Å². The summed E-state index contributed by atoms with van der Waals surface area (Å²) >= 11 is 0. The maximum Gasteiger partial charge on any atom is 0.256 e. The second-order valence-corrected chi connectivity index (χ2v) is 7.94. The SMILES string of the molecule is Cn1nc2c(c1-c1cc(F)c(F)c(F)c1)CCN(C(=O)c1cn(C)c3ccc(F)cc13)C2. The third-order valence-electron chi connectivity index (χ3n) is 5.93. The smallest absolute Gasteiger partial charge is 0.256 e. The molecule has 5 rings (SSSR count). The molecular formula is C23H18F4N4O. The van der Waals surface area contributed by atoms with Crippen molar-refractivity contribution >= 4 is 16.8 Å². The molecule has 1 aliphatic rings. The summed E-state index contributed by atoms with van der Waals surface area (Å²) in [6.07, 6.45) is 2.08. The van der Waals surface area contributed by atoms with Crippen molar-refractivity contribution in [3.05, 3.63) is 76.6 Å². The van der Waals surface area contributed by atoms with E-state index in [9.17, 15) is 22.4 Å². The molecule has 2 aromatic carbocycles. The number of hydrogen-bond acceptors (Lipinski definition) is 2. The van der Waals surface area contributed by atoms with Crippen LogP contribution in [0.3, 0.4) is 0 Å². The molecule has 0 radical (unpaired) electrons. The molecular weight excluding hydrogens is 424 g/mol. The van der Waals surface area contributed by atoms with Gasteiger partial charge in [-0.3, -0.25) is 9.48 Å². The summed E-state index contributed by atoms with van der Waals surface area (Å²) in [7, 11) is 3.42. The van der Waals surface area contributed by atoms with Gasteiger partial charge in [-0.25, -0.2) is 17.6 Å². The molecule has 0 bridgehead atoms. The molecule has 0 fully saturated rings. The van der Waals surface area contributed by atoms with E-state index in [0.717, 1.165) is 23.2 Å². The third kappa shape index (κ3) is 3.07. The van der Waals surface area contributed by atoms with Crippen molar-refractivity contribution in [1.82, 2.24) is 19.2 Å². The molecule has 0 unspecified atom stereocenters. The van der Waals surface area contributed by atoms with Crippen molar-refractivity contribution in [2.24, 2.45) is 14.1 Å². The van der Waals surface area contributed by atoms with Gasteiger partial charge in [0.1, 0.15) is 5.82 Å². The van der Waals surface area contributed by atoms with Crippen LogP contribution in [0.1, 0.15) is 21.6 Å². The van der Waals surface area contributed by atoms with Gasteiger partial charge in [0.2, 0.25) is 0 Å². The molecule has 9 heteroatoms. The Hall–Kier alpha value is -3.62. The highest BCUT2D eigenvalue weighted by Crippen LogP contribution is 2.33. The lowest BCUT2D eigenvalue weighted by Gasteiger charge is -2.26. The van der Waals surface area contributed by atoms with Crippen molar-refractivity contribution < 1.29 is 22.4 Å². The molecule has 1 amide bonds. The number of halogens is 4. The minimum atomic E-state index is -1.52. The zero-order valence-corrected chi connectivity index (χ0v) is 17.3. The maximum absolute atomic E-state index is 13.8. The van der Waals surface area contributed by atoms with Gasteiger partial charge in [-0.15, -0.1) is 0 Å². The van der Waals surface area contributed by atoms with E-state index in [0.29, 0.717) is 35.3 Å². The predicted octanol–water partition coefficient (Wildman–Crippen LogP) is 4.33. The van der Waals surface area contributed by atoms with Crippen LogP contribution in [0.5, 0.6) is 0 Å². The van der Waals surface area contributed by atoms with E-state index >= 15 is 0 Å². The van der Waals surface area contributed by atoms with Crippen LogP contribution in [0.15, 0.2) is 36.5 Å². The van der Waals surface area contributed by atoms with E-state index < -0.39 is 23.3 Å². The first-order valence-corrected chi connectivity index (χ1v) is 9.98. The van der Waals surface area contributed by atoms with Gasteiger partial charge in [0.25, 0.3) is 5.91 Å². The van der Waals surface area contributed by atoms with Crippen LogP contribution < -0.4 is 0 Å². The Morgan fingerprint density at radius 2 is 1.75 bits per heavy atom. The number of benzene rings is 2. The second-order valence-electron chi connectivity index (χ2n) is 7.94. The summed E-state index contributed by atoms with van der Waals surface area (Å²) in [5, 5.41) is 4.97. The topological polar surface area (TPSA) is 43.1 Å². The number of aryl methyl sites for hydroxylation is 2. The molecule has 0 aliphatic carbocycles. The Morgan fingerprint density at radius 1 is 1.03 bits per heavy atom. The van der Waals surface area contributed by atoms with Crippen molar-refractivity contribution in [2.45, 2.75) is 13.0 Å². The number of rotatable bonds is 2. The van der Waals surface area contributed by atoms with Crippen LogP contribution in [0.4, 0.5) is 17.6 Å². The Bertz CT molecular complexity index is 1380. The highest BCUT2D eigenvalue weighted by atomic mass is 19.2. The predicted molar refractivity (Wildman–Crippen MR) is 110 cm³/mol. The molecule has 0 spiro atoms. The maximum atomic E-state index is 13.8. The molecule has 32 heavy (non-hydrogen) atoms. The fourth-order valence-corrected chi connectivity index (χ4v) is 4.45. The Labute approximate surface area is 180 Å². The molecule has 5 nitrogen and oxygen atoms in total. The average molecular weight is 442 g/mol. The van der Waals surface area contributed by atoms with Crippen molar-refractivity contribution in [3.8, 4) is 11.3 Å². The summed E-state index contributed by atoms with van der Waals surface area (Å²) in [6, 6.07) is 6.20. The summed E-state index contributed by atoms with van der Waals surface area (Å²) < 4.78 is 58.0. The van der Waals surface area contributed by atoms with Crippen molar-refractivity contribution in [2.75, 3.05) is 6.54 Å². The van der Waals surface area contributed by atoms with Crippen LogP contribution in [0, 0.1) is 23.3 Å². The van der Waals surface area contributed by atoms with Gasteiger partial charge >= 0.3 is 0 Å². The number of amides is 1. The molecule has 3 heterocycles. The van der Waals surface area contributed by atoms with Gasteiger partial charge in [0, 0.05) is 48.9 Å². The number of carbonyl (C=O) groups excluding carboxylic acids is 1. The average Bonchev–Trinajstić information content (AvgIpc) is 3.26. The lowest BCUT2D eigenvalue weighted by Crippen LogP contribution is -2.35. The highest BCUT2D eigenvalue weighted by Gasteiger charge is 2.29. The second kappa shape index (κ2) is 7.22. The van der Waals surface area contributed by atoms with E-state index in [1.165, 1.54) is 16.8 Å². The third-order valence-corrected chi connectivity index (χ3v) is 5.93. The summed E-state index contributed by atoms with van der Waals surface area (Å²) in [5.41, 5.74) is 3.15. The summed E-state index contributed by atoms with van der Waals surface area (Å²) in [6.45, 7) is 0.544.